The van der Waals surface area contributed by atoms with Crippen molar-refractivity contribution in [3.63, 3.8) is 0 Å². The van der Waals surface area contributed by atoms with Crippen LogP contribution in [0.15, 0.2) is 0 Å². The van der Waals surface area contributed by atoms with E-state index in [-0.39, 0.29) is 0 Å². The van der Waals surface area contributed by atoms with Gasteiger partial charge in [0.05, 0.1) is 20.6 Å². The predicted molar refractivity (Wildman–Crippen MR) is 62.1 cm³/mol. The molecule has 0 bridgehead atoms. The molecular formula is C12H27N2+. The summed E-state index contributed by atoms with van der Waals surface area (Å²) in [6.45, 7) is 11.7. The van der Waals surface area contributed by atoms with E-state index >= 15 is 0 Å². The SMILES string of the molecule is CCCC1CN(C(C)(C)C)C[N+]1(C)C. The molecule has 0 aromatic rings. The first kappa shape index (κ1) is 12.0. The van der Waals surface area contributed by atoms with Crippen LogP contribution in [-0.4, -0.2) is 48.3 Å². The van der Waals surface area contributed by atoms with Gasteiger partial charge in [0.25, 0.3) is 0 Å². The summed E-state index contributed by atoms with van der Waals surface area (Å²) < 4.78 is 1.17. The number of quaternary nitrogens is 1. The molecule has 1 aliphatic heterocycles. The van der Waals surface area contributed by atoms with Gasteiger partial charge in [-0.25, -0.2) is 4.90 Å². The first-order valence-electron chi connectivity index (χ1n) is 5.85. The molecule has 1 fully saturated rings. The van der Waals surface area contributed by atoms with E-state index in [9.17, 15) is 0 Å². The van der Waals surface area contributed by atoms with E-state index in [2.05, 4.69) is 46.7 Å². The van der Waals surface area contributed by atoms with Crippen LogP contribution in [0.25, 0.3) is 0 Å². The average Bonchev–Trinajstić information content (AvgIpc) is 2.27. The quantitative estimate of drug-likeness (QED) is 0.617. The van der Waals surface area contributed by atoms with Crippen LogP contribution < -0.4 is 0 Å². The maximum atomic E-state index is 2.62. The van der Waals surface area contributed by atoms with Gasteiger partial charge in [-0.1, -0.05) is 13.3 Å². The Hall–Kier alpha value is -0.0800. The fourth-order valence-corrected chi connectivity index (χ4v) is 2.35. The van der Waals surface area contributed by atoms with Crippen LogP contribution in [0, 0.1) is 0 Å². The third-order valence-electron chi connectivity index (χ3n) is 3.53. The zero-order valence-corrected chi connectivity index (χ0v) is 10.8. The third-order valence-corrected chi connectivity index (χ3v) is 3.53. The molecule has 14 heavy (non-hydrogen) atoms. The Morgan fingerprint density at radius 1 is 1.29 bits per heavy atom. The lowest BCUT2D eigenvalue weighted by molar-refractivity contribution is -0.906. The largest absolute Gasteiger partial charge is 0.312 e. The summed E-state index contributed by atoms with van der Waals surface area (Å²) in [5, 5.41) is 0. The molecule has 0 amide bonds. The van der Waals surface area contributed by atoms with Crippen LogP contribution in [-0.2, 0) is 0 Å². The minimum absolute atomic E-state index is 0.331. The minimum atomic E-state index is 0.331. The summed E-state index contributed by atoms with van der Waals surface area (Å²) in [7, 11) is 4.73. The van der Waals surface area contributed by atoms with Crippen molar-refractivity contribution in [3.8, 4) is 0 Å². The highest BCUT2D eigenvalue weighted by molar-refractivity contribution is 4.81. The fraction of sp³-hybridized carbons (Fsp3) is 1.00. The van der Waals surface area contributed by atoms with Gasteiger partial charge in [-0.3, -0.25) is 0 Å². The van der Waals surface area contributed by atoms with E-state index < -0.39 is 0 Å². The van der Waals surface area contributed by atoms with Crippen molar-refractivity contribution in [3.05, 3.63) is 0 Å². The summed E-state index contributed by atoms with van der Waals surface area (Å²) in [5.41, 5.74) is 0.331. The molecule has 2 heteroatoms. The van der Waals surface area contributed by atoms with Gasteiger partial charge >= 0.3 is 0 Å². The van der Waals surface area contributed by atoms with Crippen molar-refractivity contribution >= 4 is 0 Å². The zero-order chi connectivity index (χ0) is 11.0. The van der Waals surface area contributed by atoms with E-state index in [0.717, 1.165) is 6.04 Å². The molecule has 0 spiro atoms. The Morgan fingerprint density at radius 2 is 1.86 bits per heavy atom. The van der Waals surface area contributed by atoms with Crippen molar-refractivity contribution in [1.82, 2.24) is 4.90 Å². The number of hydrogen-bond donors (Lipinski definition) is 0. The van der Waals surface area contributed by atoms with Gasteiger partial charge in [-0.15, -0.1) is 0 Å². The molecule has 1 heterocycles. The summed E-state index contributed by atoms with van der Waals surface area (Å²) in [6.07, 6.45) is 2.67. The Labute approximate surface area is 89.5 Å². The predicted octanol–water partition coefficient (Wildman–Crippen LogP) is 2.30. The Morgan fingerprint density at radius 3 is 2.21 bits per heavy atom. The Bertz CT molecular complexity index is 191. The van der Waals surface area contributed by atoms with E-state index in [1.165, 1.54) is 30.5 Å². The lowest BCUT2D eigenvalue weighted by atomic mass is 10.1. The molecule has 84 valence electrons. The molecule has 0 radical (unpaired) electrons. The molecule has 2 nitrogen and oxygen atoms in total. The summed E-state index contributed by atoms with van der Waals surface area (Å²) in [4.78, 5) is 2.62. The monoisotopic (exact) mass is 199 g/mol. The van der Waals surface area contributed by atoms with Crippen LogP contribution in [0.5, 0.6) is 0 Å². The normalized spacial score (nSPS) is 28.3. The van der Waals surface area contributed by atoms with Gasteiger partial charge in [0.1, 0.15) is 12.7 Å². The van der Waals surface area contributed by atoms with Gasteiger partial charge in [0, 0.05) is 12.0 Å². The summed E-state index contributed by atoms with van der Waals surface area (Å²) in [5.74, 6) is 0. The fourth-order valence-electron chi connectivity index (χ4n) is 2.35. The van der Waals surface area contributed by atoms with Gasteiger partial charge in [0.2, 0.25) is 0 Å². The smallest absolute Gasteiger partial charge is 0.135 e. The molecule has 0 aromatic carbocycles. The van der Waals surface area contributed by atoms with E-state index in [0.29, 0.717) is 5.54 Å². The molecular weight excluding hydrogens is 172 g/mol. The zero-order valence-electron chi connectivity index (χ0n) is 10.8. The highest BCUT2D eigenvalue weighted by atomic mass is 15.5. The second kappa shape index (κ2) is 3.82. The van der Waals surface area contributed by atoms with Crippen LogP contribution >= 0.6 is 0 Å². The lowest BCUT2D eigenvalue weighted by Gasteiger charge is -2.33. The highest BCUT2D eigenvalue weighted by Crippen LogP contribution is 2.27. The molecule has 0 aliphatic carbocycles. The number of likely N-dealkylation sites (N-methyl/N-ethyl adjacent to an activating group) is 1. The van der Waals surface area contributed by atoms with Gasteiger partial charge in [-0.2, -0.15) is 0 Å². The van der Waals surface area contributed by atoms with Gasteiger partial charge in [0.15, 0.2) is 0 Å². The summed E-state index contributed by atoms with van der Waals surface area (Å²) >= 11 is 0. The molecule has 0 aromatic heterocycles. The van der Waals surface area contributed by atoms with E-state index in [1.54, 1.807) is 0 Å². The number of rotatable bonds is 2. The molecule has 1 rings (SSSR count). The maximum absolute atomic E-state index is 2.62. The van der Waals surface area contributed by atoms with E-state index in [1.807, 2.05) is 0 Å². The van der Waals surface area contributed by atoms with Crippen molar-refractivity contribution in [2.24, 2.45) is 0 Å². The van der Waals surface area contributed by atoms with Crippen molar-refractivity contribution in [2.45, 2.75) is 52.1 Å². The molecule has 1 aliphatic rings. The summed E-state index contributed by atoms with van der Waals surface area (Å²) in [6, 6.07) is 0.833. The average molecular weight is 199 g/mol. The van der Waals surface area contributed by atoms with Crippen molar-refractivity contribution in [1.29, 1.82) is 0 Å². The van der Waals surface area contributed by atoms with Crippen LogP contribution in [0.3, 0.4) is 0 Å². The van der Waals surface area contributed by atoms with Crippen molar-refractivity contribution in [2.75, 3.05) is 27.3 Å². The van der Waals surface area contributed by atoms with Gasteiger partial charge in [-0.05, 0) is 20.8 Å². The second-order valence-electron chi connectivity index (χ2n) is 6.26. The standard InChI is InChI=1S/C12H27N2/c1-7-8-11-9-13(12(2,3)4)10-14(11,5)6/h11H,7-10H2,1-6H3/q+1. The molecule has 0 saturated carbocycles. The molecule has 1 atom stereocenters. The lowest BCUT2D eigenvalue weighted by Crippen LogP contribution is -2.46. The second-order valence-corrected chi connectivity index (χ2v) is 6.26. The first-order valence-corrected chi connectivity index (χ1v) is 5.85. The van der Waals surface area contributed by atoms with Crippen molar-refractivity contribution < 1.29 is 4.48 Å². The minimum Gasteiger partial charge on any atom is -0.312 e. The molecule has 1 unspecified atom stereocenters. The number of hydrogen-bond acceptors (Lipinski definition) is 1. The first-order chi connectivity index (χ1) is 6.27. The topological polar surface area (TPSA) is 3.24 Å². The van der Waals surface area contributed by atoms with E-state index in [4.69, 9.17) is 0 Å². The molecule has 1 saturated heterocycles. The Balaban J connectivity index is 2.66. The molecule has 0 N–H and O–H groups in total. The Kier molecular flexibility index (Phi) is 3.27. The third kappa shape index (κ3) is 2.48. The van der Waals surface area contributed by atoms with Crippen LogP contribution in [0.1, 0.15) is 40.5 Å². The van der Waals surface area contributed by atoms with Crippen LogP contribution in [0.4, 0.5) is 0 Å². The van der Waals surface area contributed by atoms with Gasteiger partial charge < -0.3 is 4.48 Å². The van der Waals surface area contributed by atoms with Crippen LogP contribution in [0.2, 0.25) is 0 Å². The number of nitrogens with zero attached hydrogens (tertiary/aromatic N) is 2. The maximum Gasteiger partial charge on any atom is 0.135 e. The highest BCUT2D eigenvalue weighted by Gasteiger charge is 2.42.